The third kappa shape index (κ3) is 10.0. The second-order valence-electron chi connectivity index (χ2n) is 7.32. The molecule has 1 saturated heterocycles. The lowest BCUT2D eigenvalue weighted by Crippen LogP contribution is -2.42. The minimum atomic E-state index is -0.985. The van der Waals surface area contributed by atoms with E-state index in [2.05, 4.69) is 19.1 Å². The Balaban J connectivity index is 1.93. The quantitative estimate of drug-likeness (QED) is 0.286. The van der Waals surface area contributed by atoms with Gasteiger partial charge in [0.05, 0.1) is 13.2 Å². The number of hydrogen-bond donors (Lipinski definition) is 3. The molecule has 0 spiro atoms. The molecule has 5 heteroatoms. The summed E-state index contributed by atoms with van der Waals surface area (Å²) in [6.07, 6.45) is 15.1. The Kier molecular flexibility index (Phi) is 14.1. The van der Waals surface area contributed by atoms with Gasteiger partial charge in [-0.05, 0) is 32.1 Å². The van der Waals surface area contributed by atoms with E-state index in [1.165, 1.54) is 51.4 Å². The van der Waals surface area contributed by atoms with Gasteiger partial charge in [-0.1, -0.05) is 57.6 Å². The molecule has 0 aromatic carbocycles. The van der Waals surface area contributed by atoms with Crippen LogP contribution in [0.15, 0.2) is 12.2 Å². The van der Waals surface area contributed by atoms with Gasteiger partial charge < -0.3 is 24.8 Å². The first kappa shape index (κ1) is 23.6. The summed E-state index contributed by atoms with van der Waals surface area (Å²) >= 11 is 0. The molecule has 1 aliphatic heterocycles. The second-order valence-corrected chi connectivity index (χ2v) is 7.32. The van der Waals surface area contributed by atoms with E-state index in [4.69, 9.17) is 9.47 Å². The van der Waals surface area contributed by atoms with Gasteiger partial charge in [0.2, 0.25) is 0 Å². The molecule has 0 unspecified atom stereocenters. The lowest BCUT2D eigenvalue weighted by atomic mass is 10.1. The average molecular weight is 373 g/mol. The Labute approximate surface area is 159 Å². The van der Waals surface area contributed by atoms with E-state index in [0.29, 0.717) is 6.61 Å². The molecule has 0 amide bonds. The average Bonchev–Trinajstić information content (AvgIpc) is 2.98. The predicted molar refractivity (Wildman–Crippen MR) is 104 cm³/mol. The Morgan fingerprint density at radius 2 is 1.58 bits per heavy atom. The molecule has 1 aliphatic rings. The van der Waals surface area contributed by atoms with Crippen LogP contribution in [0.2, 0.25) is 0 Å². The third-order valence-electron chi connectivity index (χ3n) is 4.97. The zero-order valence-electron chi connectivity index (χ0n) is 16.5. The molecule has 4 atom stereocenters. The van der Waals surface area contributed by atoms with Crippen LogP contribution in [0.3, 0.4) is 0 Å². The fourth-order valence-corrected chi connectivity index (χ4v) is 3.26. The van der Waals surface area contributed by atoms with Crippen LogP contribution >= 0.6 is 0 Å². The largest absolute Gasteiger partial charge is 0.394 e. The standard InChI is InChI=1S/C21H40O5/c1-2-3-4-5-6-7-8-9-10-11-12-13-14-15-25-19(16-22)21-20(24)18(23)17-26-21/h10-11,18-24H,2-9,12-17H2,1H3/b11-10+/t18-,19+,20+,21+/m1/s1. The lowest BCUT2D eigenvalue weighted by Gasteiger charge is -2.24. The summed E-state index contributed by atoms with van der Waals surface area (Å²) in [6.45, 7) is 2.66. The van der Waals surface area contributed by atoms with Crippen molar-refractivity contribution < 1.29 is 24.8 Å². The zero-order valence-corrected chi connectivity index (χ0v) is 16.5. The fourth-order valence-electron chi connectivity index (χ4n) is 3.26. The maximum absolute atomic E-state index is 9.80. The van der Waals surface area contributed by atoms with Crippen LogP contribution in [0.5, 0.6) is 0 Å². The predicted octanol–water partition coefficient (Wildman–Crippen LogP) is 3.35. The molecular formula is C21H40O5. The number of aliphatic hydroxyl groups is 3. The Morgan fingerprint density at radius 1 is 0.962 bits per heavy atom. The van der Waals surface area contributed by atoms with Crippen LogP contribution in [-0.2, 0) is 9.47 Å². The number of rotatable bonds is 16. The van der Waals surface area contributed by atoms with Crippen molar-refractivity contribution in [2.24, 2.45) is 0 Å². The van der Waals surface area contributed by atoms with Crippen LogP contribution in [0.4, 0.5) is 0 Å². The number of allylic oxidation sites excluding steroid dienone is 2. The lowest BCUT2D eigenvalue weighted by molar-refractivity contribution is -0.101. The van der Waals surface area contributed by atoms with Gasteiger partial charge in [0.25, 0.3) is 0 Å². The maximum atomic E-state index is 9.80. The Bertz CT molecular complexity index is 347. The van der Waals surface area contributed by atoms with Crippen LogP contribution < -0.4 is 0 Å². The Hall–Kier alpha value is -0.460. The molecule has 1 rings (SSSR count). The highest BCUT2D eigenvalue weighted by atomic mass is 16.6. The molecule has 154 valence electrons. The molecule has 0 aromatic heterocycles. The molecule has 0 aromatic rings. The molecule has 1 heterocycles. The van der Waals surface area contributed by atoms with E-state index >= 15 is 0 Å². The minimum absolute atomic E-state index is 0.0925. The highest BCUT2D eigenvalue weighted by Gasteiger charge is 2.40. The van der Waals surface area contributed by atoms with Crippen molar-refractivity contribution in [3.05, 3.63) is 12.2 Å². The van der Waals surface area contributed by atoms with E-state index in [1.807, 2.05) is 0 Å². The maximum Gasteiger partial charge on any atom is 0.114 e. The molecular weight excluding hydrogens is 332 g/mol. The van der Waals surface area contributed by atoms with Crippen LogP contribution in [0, 0.1) is 0 Å². The van der Waals surface area contributed by atoms with Gasteiger partial charge in [0.15, 0.2) is 0 Å². The summed E-state index contributed by atoms with van der Waals surface area (Å²) in [5.41, 5.74) is 0. The van der Waals surface area contributed by atoms with Gasteiger partial charge in [-0.15, -0.1) is 0 Å². The zero-order chi connectivity index (χ0) is 19.0. The molecule has 0 bridgehead atoms. The number of aliphatic hydroxyl groups excluding tert-OH is 3. The molecule has 0 radical (unpaired) electrons. The van der Waals surface area contributed by atoms with Crippen molar-refractivity contribution in [1.82, 2.24) is 0 Å². The summed E-state index contributed by atoms with van der Waals surface area (Å²) in [5, 5.41) is 28.7. The van der Waals surface area contributed by atoms with E-state index in [-0.39, 0.29) is 13.2 Å². The van der Waals surface area contributed by atoms with Crippen molar-refractivity contribution in [2.45, 2.75) is 102 Å². The number of ether oxygens (including phenoxy) is 2. The van der Waals surface area contributed by atoms with Crippen molar-refractivity contribution in [1.29, 1.82) is 0 Å². The Morgan fingerprint density at radius 3 is 2.15 bits per heavy atom. The van der Waals surface area contributed by atoms with Crippen molar-refractivity contribution >= 4 is 0 Å². The summed E-state index contributed by atoms with van der Waals surface area (Å²) in [4.78, 5) is 0. The summed E-state index contributed by atoms with van der Waals surface area (Å²) < 4.78 is 10.9. The number of unbranched alkanes of at least 4 members (excludes halogenated alkanes) is 9. The van der Waals surface area contributed by atoms with Gasteiger partial charge in [-0.25, -0.2) is 0 Å². The highest BCUT2D eigenvalue weighted by molar-refractivity contribution is 4.88. The summed E-state index contributed by atoms with van der Waals surface area (Å²) in [7, 11) is 0. The van der Waals surface area contributed by atoms with E-state index in [1.54, 1.807) is 0 Å². The molecule has 0 aliphatic carbocycles. The summed E-state index contributed by atoms with van der Waals surface area (Å²) in [6, 6.07) is 0. The fraction of sp³-hybridized carbons (Fsp3) is 0.905. The van der Waals surface area contributed by atoms with E-state index < -0.39 is 24.4 Å². The minimum Gasteiger partial charge on any atom is -0.394 e. The first-order chi connectivity index (χ1) is 12.7. The van der Waals surface area contributed by atoms with Gasteiger partial charge in [-0.3, -0.25) is 0 Å². The van der Waals surface area contributed by atoms with Gasteiger partial charge in [-0.2, -0.15) is 0 Å². The summed E-state index contributed by atoms with van der Waals surface area (Å²) in [5.74, 6) is 0. The first-order valence-electron chi connectivity index (χ1n) is 10.6. The molecule has 26 heavy (non-hydrogen) atoms. The van der Waals surface area contributed by atoms with Gasteiger partial charge in [0.1, 0.15) is 24.4 Å². The molecule has 5 nitrogen and oxygen atoms in total. The first-order valence-corrected chi connectivity index (χ1v) is 10.6. The normalized spacial score (nSPS) is 24.5. The topological polar surface area (TPSA) is 79.2 Å². The molecule has 0 saturated carbocycles. The van der Waals surface area contributed by atoms with Crippen LogP contribution in [0.25, 0.3) is 0 Å². The second kappa shape index (κ2) is 15.6. The monoisotopic (exact) mass is 372 g/mol. The van der Waals surface area contributed by atoms with Gasteiger partial charge >= 0.3 is 0 Å². The number of hydrogen-bond acceptors (Lipinski definition) is 5. The van der Waals surface area contributed by atoms with Gasteiger partial charge in [0, 0.05) is 6.61 Å². The van der Waals surface area contributed by atoms with Crippen molar-refractivity contribution in [3.8, 4) is 0 Å². The molecule has 3 N–H and O–H groups in total. The smallest absolute Gasteiger partial charge is 0.114 e. The van der Waals surface area contributed by atoms with Crippen molar-refractivity contribution in [3.63, 3.8) is 0 Å². The van der Waals surface area contributed by atoms with Crippen LogP contribution in [-0.4, -0.2) is 59.6 Å². The highest BCUT2D eigenvalue weighted by Crippen LogP contribution is 2.19. The van der Waals surface area contributed by atoms with E-state index in [0.717, 1.165) is 19.3 Å². The van der Waals surface area contributed by atoms with Crippen molar-refractivity contribution in [2.75, 3.05) is 19.8 Å². The third-order valence-corrected chi connectivity index (χ3v) is 4.97. The SMILES string of the molecule is CCCCCCCCC/C=C/CCCCO[C@@H](CO)[C@@H]1OC[C@@H](O)[C@@H]1O. The van der Waals surface area contributed by atoms with Crippen LogP contribution in [0.1, 0.15) is 77.6 Å². The molecule has 1 fully saturated rings. The van der Waals surface area contributed by atoms with E-state index in [9.17, 15) is 15.3 Å².